The average Bonchev–Trinajstić information content (AvgIpc) is 2.32. The van der Waals surface area contributed by atoms with Crippen molar-refractivity contribution in [2.24, 2.45) is 10.3 Å². The highest BCUT2D eigenvalue weighted by molar-refractivity contribution is 7.86. The standard InChI is InChI=1S/C8H10N4O8S2/c13-12(14)8-3-1-7(2-4-8)9-10-11(5-21(15,16)17)6-22(18,19)20/h1-4H,5-6H2,(H,15,16,17)(H,18,19,20). The second-order valence-electron chi connectivity index (χ2n) is 3.89. The maximum Gasteiger partial charge on any atom is 0.285 e. The average molecular weight is 354 g/mol. The minimum Gasteiger partial charge on any atom is -0.284 e. The van der Waals surface area contributed by atoms with Crippen molar-refractivity contribution in [2.75, 3.05) is 11.8 Å². The topological polar surface area (TPSA) is 180 Å². The summed E-state index contributed by atoms with van der Waals surface area (Å²) in [6, 6.07) is 4.57. The molecule has 0 aliphatic carbocycles. The Hall–Kier alpha value is -2.16. The molecular formula is C8H10N4O8S2. The Morgan fingerprint density at radius 1 is 1.05 bits per heavy atom. The van der Waals surface area contributed by atoms with Gasteiger partial charge in [0.05, 0.1) is 10.6 Å². The summed E-state index contributed by atoms with van der Waals surface area (Å²) < 4.78 is 60.2. The molecular weight excluding hydrogens is 344 g/mol. The number of benzene rings is 1. The number of non-ortho nitro benzene ring substituents is 1. The Bertz CT molecular complexity index is 737. The predicted octanol–water partition coefficient (Wildman–Crippen LogP) is 0.586. The van der Waals surface area contributed by atoms with Gasteiger partial charge in [-0.2, -0.15) is 16.8 Å². The highest BCUT2D eigenvalue weighted by Gasteiger charge is 2.18. The smallest absolute Gasteiger partial charge is 0.284 e. The van der Waals surface area contributed by atoms with Gasteiger partial charge in [-0.1, -0.05) is 5.22 Å². The second kappa shape index (κ2) is 6.73. The van der Waals surface area contributed by atoms with Crippen molar-refractivity contribution in [3.05, 3.63) is 34.4 Å². The SMILES string of the molecule is O=[N+]([O-])c1ccc(N=NN(CS(=O)(=O)O)CS(=O)(=O)O)cc1. The molecule has 1 aromatic carbocycles. The van der Waals surface area contributed by atoms with Crippen LogP contribution in [-0.4, -0.2) is 47.6 Å². The van der Waals surface area contributed by atoms with Gasteiger partial charge in [0, 0.05) is 12.1 Å². The molecule has 0 bridgehead atoms. The van der Waals surface area contributed by atoms with Crippen LogP contribution in [0.2, 0.25) is 0 Å². The van der Waals surface area contributed by atoms with Gasteiger partial charge in [0.2, 0.25) is 0 Å². The van der Waals surface area contributed by atoms with E-state index in [0.717, 1.165) is 12.1 Å². The van der Waals surface area contributed by atoms with Gasteiger partial charge in [-0.25, -0.2) is 5.01 Å². The van der Waals surface area contributed by atoms with Crippen LogP contribution in [-0.2, 0) is 20.2 Å². The molecule has 0 radical (unpaired) electrons. The van der Waals surface area contributed by atoms with E-state index < -0.39 is 36.9 Å². The van der Waals surface area contributed by atoms with Crippen molar-refractivity contribution >= 4 is 31.6 Å². The highest BCUT2D eigenvalue weighted by Crippen LogP contribution is 2.18. The lowest BCUT2D eigenvalue weighted by Crippen LogP contribution is -2.29. The number of nitro benzene ring substituents is 1. The number of hydrogen-bond donors (Lipinski definition) is 2. The third-order valence-electron chi connectivity index (χ3n) is 1.97. The van der Waals surface area contributed by atoms with E-state index in [1.807, 2.05) is 0 Å². The maximum absolute atomic E-state index is 10.7. The van der Waals surface area contributed by atoms with Gasteiger partial charge >= 0.3 is 0 Å². The van der Waals surface area contributed by atoms with E-state index in [1.54, 1.807) is 0 Å². The molecule has 14 heteroatoms. The van der Waals surface area contributed by atoms with Gasteiger partial charge < -0.3 is 0 Å². The van der Waals surface area contributed by atoms with Crippen LogP contribution in [0, 0.1) is 10.1 Å². The zero-order valence-corrected chi connectivity index (χ0v) is 12.3. The molecule has 0 aromatic heterocycles. The van der Waals surface area contributed by atoms with Gasteiger partial charge in [0.15, 0.2) is 11.8 Å². The summed E-state index contributed by atoms with van der Waals surface area (Å²) in [4.78, 5) is 9.80. The third-order valence-corrected chi connectivity index (χ3v) is 3.22. The van der Waals surface area contributed by atoms with E-state index in [9.17, 15) is 26.9 Å². The van der Waals surface area contributed by atoms with Crippen LogP contribution in [0.3, 0.4) is 0 Å². The normalized spacial score (nSPS) is 12.5. The Morgan fingerprint density at radius 2 is 1.50 bits per heavy atom. The zero-order valence-electron chi connectivity index (χ0n) is 10.7. The first-order valence-corrected chi connectivity index (χ1v) is 8.49. The van der Waals surface area contributed by atoms with Crippen LogP contribution in [0.1, 0.15) is 0 Å². The summed E-state index contributed by atoms with van der Waals surface area (Å²) >= 11 is 0. The van der Waals surface area contributed by atoms with Crippen molar-refractivity contribution in [3.8, 4) is 0 Å². The molecule has 0 heterocycles. The number of rotatable bonds is 7. The molecule has 0 fully saturated rings. The molecule has 0 amide bonds. The first-order valence-electron chi connectivity index (χ1n) is 5.28. The summed E-state index contributed by atoms with van der Waals surface area (Å²) in [5.41, 5.74) is -0.159. The quantitative estimate of drug-likeness (QED) is 0.306. The third kappa shape index (κ3) is 7.02. The molecule has 1 rings (SSSR count). The van der Waals surface area contributed by atoms with Crippen molar-refractivity contribution in [1.82, 2.24) is 5.01 Å². The Kier molecular flexibility index (Phi) is 5.48. The van der Waals surface area contributed by atoms with Crippen molar-refractivity contribution in [1.29, 1.82) is 0 Å². The molecule has 12 nitrogen and oxygen atoms in total. The lowest BCUT2D eigenvalue weighted by atomic mass is 10.3. The fourth-order valence-corrected chi connectivity index (χ4v) is 2.38. The van der Waals surface area contributed by atoms with Crippen molar-refractivity contribution in [2.45, 2.75) is 0 Å². The molecule has 0 atom stereocenters. The first-order chi connectivity index (χ1) is 9.96. The van der Waals surface area contributed by atoms with Gasteiger partial charge in [0.25, 0.3) is 25.9 Å². The molecule has 0 saturated carbocycles. The molecule has 1 aromatic rings. The van der Waals surface area contributed by atoms with Crippen LogP contribution >= 0.6 is 0 Å². The second-order valence-corrected chi connectivity index (χ2v) is 6.74. The van der Waals surface area contributed by atoms with Crippen LogP contribution in [0.5, 0.6) is 0 Å². The fourth-order valence-electron chi connectivity index (χ4n) is 1.22. The predicted molar refractivity (Wildman–Crippen MR) is 72.3 cm³/mol. The lowest BCUT2D eigenvalue weighted by molar-refractivity contribution is -0.384. The van der Waals surface area contributed by atoms with E-state index in [4.69, 9.17) is 9.11 Å². The minimum atomic E-state index is -4.61. The molecule has 0 saturated heterocycles. The molecule has 0 aliphatic rings. The lowest BCUT2D eigenvalue weighted by Gasteiger charge is -2.13. The number of nitro groups is 1. The van der Waals surface area contributed by atoms with Gasteiger partial charge in [-0.3, -0.25) is 19.2 Å². The summed E-state index contributed by atoms with van der Waals surface area (Å²) in [6.45, 7) is 0. The molecule has 122 valence electrons. The van der Waals surface area contributed by atoms with Gasteiger partial charge in [-0.05, 0) is 12.1 Å². The van der Waals surface area contributed by atoms with E-state index in [0.29, 0.717) is 0 Å². The number of hydrogen-bond acceptors (Lipinski definition) is 8. The summed E-state index contributed by atoms with van der Waals surface area (Å²) in [5.74, 6) is -2.44. The molecule has 2 N–H and O–H groups in total. The Balaban J connectivity index is 2.94. The van der Waals surface area contributed by atoms with Gasteiger partial charge in [0.1, 0.15) is 0 Å². The largest absolute Gasteiger partial charge is 0.285 e. The Morgan fingerprint density at radius 3 is 1.86 bits per heavy atom. The summed E-state index contributed by atoms with van der Waals surface area (Å²) in [6.07, 6.45) is 0. The van der Waals surface area contributed by atoms with E-state index in [-0.39, 0.29) is 16.4 Å². The van der Waals surface area contributed by atoms with Crippen molar-refractivity contribution in [3.63, 3.8) is 0 Å². The zero-order chi connectivity index (χ0) is 17.0. The number of nitrogens with zero attached hydrogens (tertiary/aromatic N) is 4. The van der Waals surface area contributed by atoms with Crippen molar-refractivity contribution < 1.29 is 30.9 Å². The van der Waals surface area contributed by atoms with E-state index >= 15 is 0 Å². The van der Waals surface area contributed by atoms with Crippen LogP contribution in [0.4, 0.5) is 11.4 Å². The first kappa shape index (κ1) is 17.9. The monoisotopic (exact) mass is 354 g/mol. The summed E-state index contributed by atoms with van der Waals surface area (Å²) in [5, 5.41) is 17.4. The van der Waals surface area contributed by atoms with Gasteiger partial charge in [-0.15, -0.1) is 5.11 Å². The summed E-state index contributed by atoms with van der Waals surface area (Å²) in [7, 11) is -9.22. The fraction of sp³-hybridized carbons (Fsp3) is 0.250. The minimum absolute atomic E-state index is 0.0567. The van der Waals surface area contributed by atoms with Crippen LogP contribution < -0.4 is 0 Å². The molecule has 22 heavy (non-hydrogen) atoms. The molecule has 0 aliphatic heterocycles. The maximum atomic E-state index is 10.7. The molecule has 0 spiro atoms. The van der Waals surface area contributed by atoms with Crippen LogP contribution in [0.25, 0.3) is 0 Å². The van der Waals surface area contributed by atoms with Crippen LogP contribution in [0.15, 0.2) is 34.6 Å². The molecule has 0 unspecified atom stereocenters. The van der Waals surface area contributed by atoms with E-state index in [2.05, 4.69) is 10.3 Å². The highest BCUT2D eigenvalue weighted by atomic mass is 32.2. The van der Waals surface area contributed by atoms with E-state index in [1.165, 1.54) is 12.1 Å². The Labute approximate surface area is 124 Å².